The molecular weight excluding hydrogens is 407 g/mol. The van der Waals surface area contributed by atoms with Crippen LogP contribution in [0.15, 0.2) is 0 Å². The fourth-order valence-electron chi connectivity index (χ4n) is 2.82. The van der Waals surface area contributed by atoms with Crippen LogP contribution in [-0.4, -0.2) is 72.9 Å². The average Bonchev–Trinajstić information content (AvgIpc) is 2.65. The first kappa shape index (κ1) is 31.0. The molecule has 1 radical (unpaired) electrons. The summed E-state index contributed by atoms with van der Waals surface area (Å²) in [7, 11) is -4.76. The van der Waals surface area contributed by atoms with E-state index in [0.29, 0.717) is 0 Å². The van der Waals surface area contributed by atoms with E-state index in [0.717, 1.165) is 51.4 Å². The summed E-state index contributed by atoms with van der Waals surface area (Å²) >= 11 is 0. The molecule has 0 spiro atoms. The Hall–Kier alpha value is -0.150. The van der Waals surface area contributed by atoms with Crippen LogP contribution in [-0.2, 0) is 29.2 Å². The molecule has 1 N–H and O–H groups in total. The Kier molecular flexibility index (Phi) is 18.8. The van der Waals surface area contributed by atoms with E-state index < -0.39 is 33.7 Å². The summed E-state index contributed by atoms with van der Waals surface area (Å²) in [4.78, 5) is 24.2. The van der Waals surface area contributed by atoms with Crippen molar-refractivity contribution in [1.29, 1.82) is 0 Å². The largest absolute Gasteiger partial charge is 0.465 e. The molecule has 0 rings (SSSR count). The topological polar surface area (TPSA) is 107 Å². The van der Waals surface area contributed by atoms with Crippen molar-refractivity contribution in [1.82, 2.24) is 0 Å². The van der Waals surface area contributed by atoms with Gasteiger partial charge < -0.3 is 9.47 Å². The molecule has 9 heteroatoms. The van der Waals surface area contributed by atoms with Crippen LogP contribution in [0.3, 0.4) is 0 Å². The molecule has 0 saturated carbocycles. The van der Waals surface area contributed by atoms with E-state index in [9.17, 15) is 22.6 Å². The summed E-state index contributed by atoms with van der Waals surface area (Å²) in [6, 6.07) is 0. The van der Waals surface area contributed by atoms with Crippen molar-refractivity contribution in [3.05, 3.63) is 0 Å². The van der Waals surface area contributed by atoms with E-state index in [1.807, 2.05) is 13.8 Å². The fourth-order valence-corrected chi connectivity index (χ4v) is 3.48. The molecule has 0 aliphatic carbocycles. The maximum atomic E-state index is 12.2. The number of hydrogen-bond donors (Lipinski definition) is 1. The van der Waals surface area contributed by atoms with Gasteiger partial charge >= 0.3 is 11.9 Å². The van der Waals surface area contributed by atoms with Gasteiger partial charge in [0, 0.05) is 29.6 Å². The van der Waals surface area contributed by atoms with E-state index in [4.69, 9.17) is 9.47 Å². The summed E-state index contributed by atoms with van der Waals surface area (Å²) in [5, 5.41) is -1.95. The number of hydrogen-bond acceptors (Lipinski definition) is 6. The monoisotopic (exact) mass is 445 g/mol. The molecule has 0 heterocycles. The second-order valence-corrected chi connectivity index (χ2v) is 8.95. The molecule has 0 saturated heterocycles. The average molecular weight is 446 g/mol. The van der Waals surface area contributed by atoms with Gasteiger partial charge in [0.1, 0.15) is 0 Å². The number of carbonyl (C=O) groups is 2. The van der Waals surface area contributed by atoms with Gasteiger partial charge in [-0.1, -0.05) is 66.2 Å². The van der Waals surface area contributed by atoms with E-state index >= 15 is 0 Å². The number of carbonyl (C=O) groups excluding carboxylic acids is 2. The summed E-state index contributed by atoms with van der Waals surface area (Å²) in [5.41, 5.74) is 0. The van der Waals surface area contributed by atoms with E-state index in [1.54, 1.807) is 0 Å². The fraction of sp³-hybridized carbons (Fsp3) is 0.900. The first-order chi connectivity index (χ1) is 13.2. The maximum Gasteiger partial charge on any atom is 0.327 e. The Balaban J connectivity index is 0. The van der Waals surface area contributed by atoms with Gasteiger partial charge in [-0.3, -0.25) is 14.1 Å². The van der Waals surface area contributed by atoms with Crippen LogP contribution < -0.4 is 0 Å². The van der Waals surface area contributed by atoms with Gasteiger partial charge in [-0.15, -0.1) is 0 Å². The van der Waals surface area contributed by atoms with Crippen LogP contribution in [0.2, 0.25) is 0 Å². The van der Waals surface area contributed by atoms with Crippen molar-refractivity contribution in [2.24, 2.45) is 11.8 Å². The Morgan fingerprint density at radius 2 is 1.31 bits per heavy atom. The quantitative estimate of drug-likeness (QED) is 0.219. The summed E-state index contributed by atoms with van der Waals surface area (Å²) in [5.74, 6) is -1.61. The van der Waals surface area contributed by atoms with Crippen LogP contribution >= 0.6 is 0 Å². The Morgan fingerprint density at radius 1 is 0.862 bits per heavy atom. The third-order valence-electron chi connectivity index (χ3n) is 5.00. The Labute approximate surface area is 198 Å². The summed E-state index contributed by atoms with van der Waals surface area (Å²) in [6.45, 7) is 8.35. The zero-order valence-corrected chi connectivity index (χ0v) is 21.6. The van der Waals surface area contributed by atoms with Crippen LogP contribution in [0.1, 0.15) is 85.5 Å². The zero-order valence-electron chi connectivity index (χ0n) is 18.8. The smallest absolute Gasteiger partial charge is 0.327 e. The number of esters is 2. The second kappa shape index (κ2) is 17.5. The van der Waals surface area contributed by atoms with Gasteiger partial charge in [0.25, 0.3) is 10.1 Å². The zero-order chi connectivity index (χ0) is 21.6. The molecule has 0 aromatic carbocycles. The third-order valence-corrected chi connectivity index (χ3v) is 6.08. The molecule has 3 atom stereocenters. The maximum absolute atomic E-state index is 12.2. The molecule has 0 aliphatic rings. The van der Waals surface area contributed by atoms with Crippen LogP contribution in [0.5, 0.6) is 0 Å². The van der Waals surface area contributed by atoms with Gasteiger partial charge in [0.15, 0.2) is 5.25 Å². The van der Waals surface area contributed by atoms with Crippen molar-refractivity contribution in [3.63, 3.8) is 0 Å². The third kappa shape index (κ3) is 14.5. The first-order valence-corrected chi connectivity index (χ1v) is 12.0. The van der Waals surface area contributed by atoms with Gasteiger partial charge in [-0.25, -0.2) is 0 Å². The van der Waals surface area contributed by atoms with Crippen molar-refractivity contribution in [3.8, 4) is 0 Å². The minimum absolute atomic E-state index is 0. The molecule has 0 fully saturated rings. The summed E-state index contributed by atoms with van der Waals surface area (Å²) < 4.78 is 42.8. The van der Waals surface area contributed by atoms with Crippen molar-refractivity contribution in [2.75, 3.05) is 13.2 Å². The second-order valence-electron chi connectivity index (χ2n) is 7.35. The molecular formula is C20H38NaO7S. The predicted molar refractivity (Wildman–Crippen MR) is 114 cm³/mol. The van der Waals surface area contributed by atoms with Gasteiger partial charge in [-0.05, 0) is 24.7 Å². The van der Waals surface area contributed by atoms with Crippen molar-refractivity contribution < 1.29 is 32.0 Å². The summed E-state index contributed by atoms with van der Waals surface area (Å²) in [6.07, 6.45) is 6.74. The van der Waals surface area contributed by atoms with Gasteiger partial charge in [0.05, 0.1) is 19.6 Å². The number of rotatable bonds is 16. The van der Waals surface area contributed by atoms with Gasteiger partial charge in [-0.2, -0.15) is 8.42 Å². The predicted octanol–water partition coefficient (Wildman–Crippen LogP) is 3.77. The minimum atomic E-state index is -4.76. The molecule has 3 unspecified atom stereocenters. The molecule has 0 amide bonds. The SMILES string of the molecule is CCCCC(CC)COC(=O)CC(C(=O)OCC(CC)CCCC)S(=O)(=O)O.[Na]. The van der Waals surface area contributed by atoms with Crippen molar-refractivity contribution >= 4 is 51.6 Å². The first-order valence-electron chi connectivity index (χ1n) is 10.5. The molecule has 0 bridgehead atoms. The van der Waals surface area contributed by atoms with Crippen LogP contribution in [0.25, 0.3) is 0 Å². The molecule has 0 aromatic rings. The van der Waals surface area contributed by atoms with Gasteiger partial charge in [0.2, 0.25) is 0 Å². The Bertz CT molecular complexity index is 551. The normalized spacial score (nSPS) is 14.4. The van der Waals surface area contributed by atoms with Crippen molar-refractivity contribution in [2.45, 2.75) is 90.7 Å². The van der Waals surface area contributed by atoms with Crippen LogP contribution in [0.4, 0.5) is 0 Å². The standard InChI is InChI=1S/C20H38O7S.Na/c1-5-9-11-16(7-3)14-26-19(21)13-18(28(23,24)25)20(22)27-15-17(8-4)12-10-6-2;/h16-18H,5-15H2,1-4H3,(H,23,24,25);. The van der Waals surface area contributed by atoms with E-state index in [2.05, 4.69) is 13.8 Å². The van der Waals surface area contributed by atoms with E-state index in [1.165, 1.54) is 0 Å². The van der Waals surface area contributed by atoms with Crippen LogP contribution in [0, 0.1) is 11.8 Å². The molecule has 7 nitrogen and oxygen atoms in total. The molecule has 0 aromatic heterocycles. The number of unbranched alkanes of at least 4 members (excludes halogenated alkanes) is 2. The molecule has 29 heavy (non-hydrogen) atoms. The molecule has 167 valence electrons. The molecule has 0 aliphatic heterocycles. The number of ether oxygens (including phenoxy) is 2. The van der Waals surface area contributed by atoms with E-state index in [-0.39, 0.29) is 54.6 Å². The Morgan fingerprint density at radius 3 is 1.69 bits per heavy atom. The minimum Gasteiger partial charge on any atom is -0.465 e.